The summed E-state index contributed by atoms with van der Waals surface area (Å²) >= 11 is 0. The summed E-state index contributed by atoms with van der Waals surface area (Å²) in [6.45, 7) is 4.95. The molecule has 186 valence electrons. The van der Waals surface area contributed by atoms with Gasteiger partial charge in [0, 0.05) is 18.3 Å². The Balaban J connectivity index is 1.08. The van der Waals surface area contributed by atoms with Crippen molar-refractivity contribution in [2.75, 3.05) is 49.6 Å². The van der Waals surface area contributed by atoms with Crippen molar-refractivity contribution in [1.82, 2.24) is 15.3 Å². The van der Waals surface area contributed by atoms with E-state index in [1.807, 2.05) is 13.0 Å². The van der Waals surface area contributed by atoms with E-state index in [-0.39, 0.29) is 18.6 Å². The lowest BCUT2D eigenvalue weighted by atomic mass is 10.1. The van der Waals surface area contributed by atoms with Crippen molar-refractivity contribution in [3.05, 3.63) is 35.0 Å². The summed E-state index contributed by atoms with van der Waals surface area (Å²) < 4.78 is 16.5. The molecule has 4 N–H and O–H groups in total. The van der Waals surface area contributed by atoms with Crippen LogP contribution in [-0.4, -0.2) is 67.5 Å². The van der Waals surface area contributed by atoms with E-state index in [2.05, 4.69) is 20.6 Å². The third-order valence-corrected chi connectivity index (χ3v) is 6.46. The fraction of sp³-hybridized carbons (Fsp3) is 0.500. The van der Waals surface area contributed by atoms with E-state index in [0.29, 0.717) is 55.3 Å². The number of rotatable bonds is 9. The second-order valence-electron chi connectivity index (χ2n) is 9.06. The largest absolute Gasteiger partial charge is 0.480 e. The van der Waals surface area contributed by atoms with Crippen molar-refractivity contribution < 1.29 is 23.8 Å². The molecule has 2 amide bonds. The number of fused-ring (bicyclic) bond motifs is 2. The Morgan fingerprint density at radius 3 is 3.03 bits per heavy atom. The number of nitrogens with zero attached hydrogens (tertiary/aromatic N) is 3. The summed E-state index contributed by atoms with van der Waals surface area (Å²) in [4.78, 5) is 34.4. The minimum absolute atomic E-state index is 0.0391. The molecule has 3 aliphatic rings. The SMILES string of the molecule is Cc1nc(OCCN)cc2c1CC(CNCCC1CN(c3ccc4c(n3)NC(=O)CO4)C(=O)O1)C2. The number of hydrogen-bond acceptors (Lipinski definition) is 9. The number of cyclic esters (lactones) is 1. The van der Waals surface area contributed by atoms with Crippen LogP contribution in [-0.2, 0) is 22.4 Å². The fourth-order valence-electron chi connectivity index (χ4n) is 4.78. The molecule has 11 nitrogen and oxygen atoms in total. The normalized spacial score (nSPS) is 20.7. The highest BCUT2D eigenvalue weighted by molar-refractivity contribution is 5.95. The molecular weight excluding hydrogens is 452 g/mol. The van der Waals surface area contributed by atoms with E-state index in [0.717, 1.165) is 31.6 Å². The van der Waals surface area contributed by atoms with Crippen LogP contribution >= 0.6 is 0 Å². The monoisotopic (exact) mass is 482 g/mol. The lowest BCUT2D eigenvalue weighted by Crippen LogP contribution is -2.30. The molecule has 11 heteroatoms. The molecule has 1 fully saturated rings. The Hall–Kier alpha value is -3.44. The molecule has 0 aromatic carbocycles. The van der Waals surface area contributed by atoms with Crippen LogP contribution in [0.15, 0.2) is 18.2 Å². The smallest absolute Gasteiger partial charge is 0.415 e. The average Bonchev–Trinajstić information content (AvgIpc) is 3.43. The molecule has 0 spiro atoms. The molecule has 0 bridgehead atoms. The third kappa shape index (κ3) is 5.15. The topological polar surface area (TPSA) is 141 Å². The standard InChI is InChI=1S/C24H30N6O5/c1-14-18-9-15(8-16(18)10-22(27-14)33-7-5-25)11-26-6-4-17-12-30(24(32)35-17)20-3-2-19-23(28-20)29-21(31)13-34-19/h2-3,10,15,17,26H,4-9,11-13,25H2,1H3,(H,28,29,31). The third-order valence-electron chi connectivity index (χ3n) is 6.46. The molecule has 2 unspecified atom stereocenters. The number of pyridine rings is 2. The Labute approximate surface area is 203 Å². The molecule has 0 radical (unpaired) electrons. The van der Waals surface area contributed by atoms with Crippen LogP contribution < -0.4 is 30.7 Å². The minimum atomic E-state index is -0.438. The first kappa shape index (κ1) is 23.3. The molecule has 0 saturated carbocycles. The Kier molecular flexibility index (Phi) is 6.69. The second-order valence-corrected chi connectivity index (χ2v) is 9.06. The van der Waals surface area contributed by atoms with Gasteiger partial charge in [0.2, 0.25) is 5.88 Å². The maximum absolute atomic E-state index is 12.4. The number of nitrogens with one attached hydrogen (secondary N) is 2. The first-order valence-electron chi connectivity index (χ1n) is 11.9. The highest BCUT2D eigenvalue weighted by Gasteiger charge is 2.34. The molecule has 2 aromatic rings. The van der Waals surface area contributed by atoms with E-state index in [1.54, 1.807) is 12.1 Å². The van der Waals surface area contributed by atoms with Gasteiger partial charge in [0.05, 0.1) is 6.54 Å². The molecule has 1 aliphatic carbocycles. The van der Waals surface area contributed by atoms with Gasteiger partial charge < -0.3 is 30.6 Å². The van der Waals surface area contributed by atoms with Gasteiger partial charge >= 0.3 is 6.09 Å². The summed E-state index contributed by atoms with van der Waals surface area (Å²) in [5.41, 5.74) is 9.17. The highest BCUT2D eigenvalue weighted by Crippen LogP contribution is 2.32. The lowest BCUT2D eigenvalue weighted by Gasteiger charge is -2.19. The predicted octanol–water partition coefficient (Wildman–Crippen LogP) is 1.17. The Morgan fingerprint density at radius 2 is 2.17 bits per heavy atom. The van der Waals surface area contributed by atoms with Crippen molar-refractivity contribution in [3.63, 3.8) is 0 Å². The van der Waals surface area contributed by atoms with Gasteiger partial charge in [-0.2, -0.15) is 0 Å². The maximum atomic E-state index is 12.4. The van der Waals surface area contributed by atoms with Crippen molar-refractivity contribution in [3.8, 4) is 11.6 Å². The first-order chi connectivity index (χ1) is 17.0. The summed E-state index contributed by atoms with van der Waals surface area (Å²) in [7, 11) is 0. The van der Waals surface area contributed by atoms with E-state index in [1.165, 1.54) is 16.0 Å². The number of ether oxygens (including phenoxy) is 3. The summed E-state index contributed by atoms with van der Waals surface area (Å²) in [5.74, 6) is 2.11. The van der Waals surface area contributed by atoms with Gasteiger partial charge in [0.1, 0.15) is 18.5 Å². The van der Waals surface area contributed by atoms with Gasteiger partial charge in [0.25, 0.3) is 5.91 Å². The molecule has 2 aliphatic heterocycles. The minimum Gasteiger partial charge on any atom is -0.480 e. The maximum Gasteiger partial charge on any atom is 0.415 e. The zero-order valence-corrected chi connectivity index (χ0v) is 19.7. The van der Waals surface area contributed by atoms with Crippen molar-refractivity contribution >= 4 is 23.6 Å². The molecule has 4 heterocycles. The van der Waals surface area contributed by atoms with E-state index < -0.39 is 6.09 Å². The quantitative estimate of drug-likeness (QED) is 0.449. The van der Waals surface area contributed by atoms with Crippen LogP contribution in [0.25, 0.3) is 0 Å². The lowest BCUT2D eigenvalue weighted by molar-refractivity contribution is -0.118. The fourth-order valence-corrected chi connectivity index (χ4v) is 4.78. The Bertz CT molecular complexity index is 1130. The summed E-state index contributed by atoms with van der Waals surface area (Å²) in [6.07, 6.45) is 2.01. The summed E-state index contributed by atoms with van der Waals surface area (Å²) in [5, 5.41) is 6.18. The molecule has 2 aromatic heterocycles. The Morgan fingerprint density at radius 1 is 1.29 bits per heavy atom. The van der Waals surface area contributed by atoms with Crippen LogP contribution in [0.4, 0.5) is 16.4 Å². The zero-order valence-electron chi connectivity index (χ0n) is 19.7. The van der Waals surface area contributed by atoms with Gasteiger partial charge in [-0.25, -0.2) is 14.8 Å². The van der Waals surface area contributed by atoms with Gasteiger partial charge in [-0.1, -0.05) is 0 Å². The number of carbonyl (C=O) groups excluding carboxylic acids is 2. The predicted molar refractivity (Wildman–Crippen MR) is 128 cm³/mol. The molecule has 2 atom stereocenters. The number of hydrogen-bond donors (Lipinski definition) is 3. The molecule has 5 rings (SSSR count). The number of carbonyl (C=O) groups is 2. The van der Waals surface area contributed by atoms with E-state index >= 15 is 0 Å². The second kappa shape index (κ2) is 10.0. The van der Waals surface area contributed by atoms with Crippen LogP contribution in [0.1, 0.15) is 23.2 Å². The first-order valence-corrected chi connectivity index (χ1v) is 11.9. The molecule has 1 saturated heterocycles. The number of anilines is 2. The van der Waals surface area contributed by atoms with Crippen molar-refractivity contribution in [2.24, 2.45) is 11.7 Å². The number of nitrogens with two attached hydrogens (primary N) is 1. The number of aromatic nitrogens is 2. The van der Waals surface area contributed by atoms with Crippen LogP contribution in [0.2, 0.25) is 0 Å². The van der Waals surface area contributed by atoms with Crippen molar-refractivity contribution in [1.29, 1.82) is 0 Å². The van der Waals surface area contributed by atoms with Crippen LogP contribution in [0.3, 0.4) is 0 Å². The van der Waals surface area contributed by atoms with Gasteiger partial charge in [-0.05, 0) is 68.5 Å². The molecular formula is C24H30N6O5. The average molecular weight is 483 g/mol. The van der Waals surface area contributed by atoms with Crippen LogP contribution in [0, 0.1) is 12.8 Å². The van der Waals surface area contributed by atoms with Crippen LogP contribution in [0.5, 0.6) is 11.6 Å². The number of amides is 2. The summed E-state index contributed by atoms with van der Waals surface area (Å²) in [6, 6.07) is 5.43. The van der Waals surface area contributed by atoms with E-state index in [9.17, 15) is 9.59 Å². The van der Waals surface area contributed by atoms with Gasteiger partial charge in [0.15, 0.2) is 18.2 Å². The molecule has 35 heavy (non-hydrogen) atoms. The van der Waals surface area contributed by atoms with E-state index in [4.69, 9.17) is 19.9 Å². The van der Waals surface area contributed by atoms with Crippen molar-refractivity contribution in [2.45, 2.75) is 32.3 Å². The zero-order chi connectivity index (χ0) is 24.4. The highest BCUT2D eigenvalue weighted by atomic mass is 16.6. The van der Waals surface area contributed by atoms with Gasteiger partial charge in [-0.15, -0.1) is 0 Å². The number of aryl methyl sites for hydroxylation is 1. The van der Waals surface area contributed by atoms with Gasteiger partial charge in [-0.3, -0.25) is 9.69 Å².